The third kappa shape index (κ3) is 5.06. The van der Waals surface area contributed by atoms with E-state index < -0.39 is 12.2 Å². The second kappa shape index (κ2) is 9.66. The summed E-state index contributed by atoms with van der Waals surface area (Å²) in [5.74, 6) is 2.03. The number of likely N-dealkylation sites (tertiary alicyclic amines) is 1. The molecular weight excluding hydrogens is 456 g/mol. The summed E-state index contributed by atoms with van der Waals surface area (Å²) in [6.45, 7) is 0.336. The topological polar surface area (TPSA) is 99.4 Å². The van der Waals surface area contributed by atoms with Crippen molar-refractivity contribution in [1.29, 1.82) is 0 Å². The van der Waals surface area contributed by atoms with Crippen molar-refractivity contribution >= 4 is 39.2 Å². The normalized spacial score (nSPS) is 25.2. The van der Waals surface area contributed by atoms with Crippen LogP contribution in [0, 0.1) is 11.8 Å². The smallest absolute Gasteiger partial charge is 0.254 e. The number of aliphatic hydroxyl groups is 2. The monoisotopic (exact) mass is 484 g/mol. The largest absolute Gasteiger partial charge is 0.388 e. The molecule has 174 valence electrons. The van der Waals surface area contributed by atoms with Crippen molar-refractivity contribution in [3.63, 3.8) is 0 Å². The summed E-state index contributed by atoms with van der Waals surface area (Å²) in [4.78, 5) is 29.2. The SMILES string of the molecule is CSc1cnc(C[C@H]2CC[C@H](Cc3nc4ccc(C(=O)N5C[C@H](O)[C@@H](O)C5)cc4s3)C2)nc1. The lowest BCUT2D eigenvalue weighted by atomic mass is 9.99. The summed E-state index contributed by atoms with van der Waals surface area (Å²) in [5.41, 5.74) is 1.50. The molecule has 0 bridgehead atoms. The number of fused-ring (bicyclic) bond motifs is 1. The maximum atomic E-state index is 12.8. The van der Waals surface area contributed by atoms with Crippen LogP contribution in [0.2, 0.25) is 0 Å². The first kappa shape index (κ1) is 22.7. The predicted molar refractivity (Wildman–Crippen MR) is 130 cm³/mol. The minimum absolute atomic E-state index is 0.158. The van der Waals surface area contributed by atoms with Gasteiger partial charge in [-0.25, -0.2) is 15.0 Å². The van der Waals surface area contributed by atoms with Gasteiger partial charge >= 0.3 is 0 Å². The number of aromatic nitrogens is 3. The van der Waals surface area contributed by atoms with Crippen molar-refractivity contribution in [2.45, 2.75) is 49.2 Å². The number of hydrogen-bond acceptors (Lipinski definition) is 8. The highest BCUT2D eigenvalue weighted by Crippen LogP contribution is 2.36. The van der Waals surface area contributed by atoms with Gasteiger partial charge < -0.3 is 15.1 Å². The standard InChI is InChI=1S/C24H28N4O3S2/c1-32-17-10-25-22(26-11-17)7-14-2-3-15(6-14)8-23-27-18-5-4-16(9-21(18)33-23)24(31)28-12-19(29)20(30)13-28/h4-5,9-11,14-15,19-20,29-30H,2-3,6-8,12-13H2,1H3/t14-,15-,19-,20-/m0/s1. The fraction of sp³-hybridized carbons (Fsp3) is 0.500. The van der Waals surface area contributed by atoms with Crippen LogP contribution in [0.5, 0.6) is 0 Å². The molecule has 1 saturated heterocycles. The van der Waals surface area contributed by atoms with Crippen LogP contribution >= 0.6 is 23.1 Å². The van der Waals surface area contributed by atoms with Gasteiger partial charge in [0.15, 0.2) is 0 Å². The van der Waals surface area contributed by atoms with Crippen molar-refractivity contribution in [1.82, 2.24) is 19.9 Å². The number of hydrogen-bond donors (Lipinski definition) is 2. The molecule has 2 fully saturated rings. The van der Waals surface area contributed by atoms with Crippen LogP contribution in [0.25, 0.3) is 10.2 Å². The zero-order chi connectivity index (χ0) is 22.9. The average Bonchev–Trinajstić information content (AvgIpc) is 3.52. The van der Waals surface area contributed by atoms with Crippen LogP contribution < -0.4 is 0 Å². The van der Waals surface area contributed by atoms with E-state index in [4.69, 9.17) is 4.98 Å². The quantitative estimate of drug-likeness (QED) is 0.519. The number of benzene rings is 1. The lowest BCUT2D eigenvalue weighted by Gasteiger charge is -2.15. The van der Waals surface area contributed by atoms with Crippen LogP contribution in [0.1, 0.15) is 40.5 Å². The summed E-state index contributed by atoms with van der Waals surface area (Å²) >= 11 is 3.32. The van der Waals surface area contributed by atoms with Gasteiger partial charge in [0.1, 0.15) is 5.82 Å². The summed E-state index contributed by atoms with van der Waals surface area (Å²) in [6, 6.07) is 5.58. The van der Waals surface area contributed by atoms with E-state index in [1.54, 1.807) is 29.2 Å². The Labute approximate surface area is 201 Å². The minimum Gasteiger partial charge on any atom is -0.388 e. The van der Waals surface area contributed by atoms with E-state index in [1.807, 2.05) is 30.8 Å². The van der Waals surface area contributed by atoms with Crippen molar-refractivity contribution in [2.24, 2.45) is 11.8 Å². The second-order valence-electron chi connectivity index (χ2n) is 9.13. The van der Waals surface area contributed by atoms with E-state index in [-0.39, 0.29) is 19.0 Å². The Bertz CT molecular complexity index is 1130. The number of aliphatic hydroxyl groups excluding tert-OH is 2. The van der Waals surface area contributed by atoms with Crippen LogP contribution in [0.15, 0.2) is 35.5 Å². The maximum absolute atomic E-state index is 12.8. The molecule has 0 radical (unpaired) electrons. The van der Waals surface area contributed by atoms with Crippen LogP contribution in [0.4, 0.5) is 0 Å². The van der Waals surface area contributed by atoms with E-state index in [0.717, 1.165) is 38.8 Å². The van der Waals surface area contributed by atoms with E-state index in [0.29, 0.717) is 17.4 Å². The number of nitrogens with zero attached hydrogens (tertiary/aromatic N) is 4. The molecule has 7 nitrogen and oxygen atoms in total. The lowest BCUT2D eigenvalue weighted by molar-refractivity contribution is 0.0572. The van der Waals surface area contributed by atoms with Gasteiger partial charge in [-0.05, 0) is 55.6 Å². The van der Waals surface area contributed by atoms with Gasteiger partial charge in [-0.3, -0.25) is 4.79 Å². The molecule has 0 unspecified atom stereocenters. The first-order chi connectivity index (χ1) is 16.0. The molecule has 3 heterocycles. The summed E-state index contributed by atoms with van der Waals surface area (Å²) < 4.78 is 1.01. The summed E-state index contributed by atoms with van der Waals surface area (Å²) in [6.07, 6.45) is 9.60. The highest BCUT2D eigenvalue weighted by Gasteiger charge is 2.33. The number of amides is 1. The first-order valence-electron chi connectivity index (χ1n) is 11.4. The third-order valence-electron chi connectivity index (χ3n) is 6.73. The summed E-state index contributed by atoms with van der Waals surface area (Å²) in [7, 11) is 0. The second-order valence-corrected chi connectivity index (χ2v) is 11.1. The molecule has 2 aromatic heterocycles. The fourth-order valence-corrected chi connectivity index (χ4v) is 6.36. The summed E-state index contributed by atoms with van der Waals surface area (Å²) in [5, 5.41) is 20.6. The molecule has 0 spiro atoms. The van der Waals surface area contributed by atoms with Gasteiger partial charge in [0.25, 0.3) is 5.91 Å². The molecule has 33 heavy (non-hydrogen) atoms. The van der Waals surface area contributed by atoms with Crippen molar-refractivity contribution in [2.75, 3.05) is 19.3 Å². The number of thiazole rings is 1. The molecule has 1 aromatic carbocycles. The maximum Gasteiger partial charge on any atom is 0.254 e. The Morgan fingerprint density at radius 2 is 1.82 bits per heavy atom. The van der Waals surface area contributed by atoms with Crippen molar-refractivity contribution < 1.29 is 15.0 Å². The number of β-amino-alcohol motifs (C(OH)–C–C–N with tert-alkyl or cyclic N) is 2. The number of carbonyl (C=O) groups excluding carboxylic acids is 1. The van der Waals surface area contributed by atoms with E-state index in [9.17, 15) is 15.0 Å². The van der Waals surface area contributed by atoms with E-state index >= 15 is 0 Å². The highest BCUT2D eigenvalue weighted by molar-refractivity contribution is 7.98. The molecule has 2 aliphatic rings. The number of carbonyl (C=O) groups is 1. The Balaban J connectivity index is 1.20. The Kier molecular flexibility index (Phi) is 6.65. The predicted octanol–water partition coefficient (Wildman–Crippen LogP) is 3.19. The van der Waals surface area contributed by atoms with Gasteiger partial charge in [-0.2, -0.15) is 0 Å². The Morgan fingerprint density at radius 3 is 2.52 bits per heavy atom. The molecule has 5 rings (SSSR count). The Hall–Kier alpha value is -2.07. The molecule has 1 amide bonds. The van der Waals surface area contributed by atoms with Gasteiger partial charge in [-0.15, -0.1) is 23.1 Å². The first-order valence-corrected chi connectivity index (χ1v) is 13.4. The number of thioether (sulfide) groups is 1. The molecule has 1 aliphatic heterocycles. The molecule has 2 N–H and O–H groups in total. The minimum atomic E-state index is -0.871. The number of rotatable bonds is 6. The van der Waals surface area contributed by atoms with Crippen molar-refractivity contribution in [3.8, 4) is 0 Å². The molecule has 1 saturated carbocycles. The highest BCUT2D eigenvalue weighted by atomic mass is 32.2. The molecule has 9 heteroatoms. The van der Waals surface area contributed by atoms with Crippen LogP contribution in [0.3, 0.4) is 0 Å². The van der Waals surface area contributed by atoms with E-state index in [1.165, 1.54) is 24.2 Å². The van der Waals surface area contributed by atoms with Gasteiger partial charge in [0, 0.05) is 48.8 Å². The van der Waals surface area contributed by atoms with Gasteiger partial charge in [0.2, 0.25) is 0 Å². The fourth-order valence-electron chi connectivity index (χ4n) is 4.92. The molecular formula is C24H28N4O3S2. The van der Waals surface area contributed by atoms with Gasteiger partial charge in [0.05, 0.1) is 27.4 Å². The Morgan fingerprint density at radius 1 is 1.12 bits per heavy atom. The molecule has 3 aromatic rings. The van der Waals surface area contributed by atoms with Crippen molar-refractivity contribution in [3.05, 3.63) is 47.0 Å². The average molecular weight is 485 g/mol. The third-order valence-corrected chi connectivity index (χ3v) is 8.45. The molecule has 4 atom stereocenters. The van der Waals surface area contributed by atoms with E-state index in [2.05, 4.69) is 9.97 Å². The van der Waals surface area contributed by atoms with Crippen LogP contribution in [-0.2, 0) is 12.8 Å². The zero-order valence-electron chi connectivity index (χ0n) is 18.6. The molecule has 1 aliphatic carbocycles. The van der Waals surface area contributed by atoms with Crippen LogP contribution in [-0.4, -0.2) is 67.5 Å². The lowest BCUT2D eigenvalue weighted by Crippen LogP contribution is -2.29. The zero-order valence-corrected chi connectivity index (χ0v) is 20.2. The van der Waals surface area contributed by atoms with Gasteiger partial charge in [-0.1, -0.05) is 0 Å².